The van der Waals surface area contributed by atoms with Crippen LogP contribution in [0.25, 0.3) is 0 Å². The lowest BCUT2D eigenvalue weighted by Crippen LogP contribution is -2.29. The lowest BCUT2D eigenvalue weighted by Gasteiger charge is -2.23. The molecule has 0 bridgehead atoms. The maximum absolute atomic E-state index is 11.9. The average molecular weight is 325 g/mol. The molecule has 0 aliphatic rings. The van der Waals surface area contributed by atoms with Crippen LogP contribution in [-0.4, -0.2) is 35.0 Å². The van der Waals surface area contributed by atoms with Crippen LogP contribution in [0.2, 0.25) is 0 Å². The Hall–Kier alpha value is -2.44. The molecule has 1 amide bonds. The lowest BCUT2D eigenvalue weighted by molar-refractivity contribution is -0.142. The molecule has 7 nitrogen and oxygen atoms in total. The number of nitrogens with one attached hydrogen (secondary N) is 1. The number of methoxy groups -OCH3 is 1. The first-order valence-corrected chi connectivity index (χ1v) is 7.03. The Balaban J connectivity index is 3.27. The van der Waals surface area contributed by atoms with Crippen LogP contribution in [0.4, 0.5) is 10.5 Å². The van der Waals surface area contributed by atoms with Gasteiger partial charge in [-0.25, -0.2) is 4.79 Å². The Bertz CT molecular complexity index is 616. The number of amides is 1. The number of benzene rings is 1. The molecule has 1 aromatic carbocycles. The molecule has 0 aromatic heterocycles. The number of carbonyl (C=O) groups is 2. The van der Waals surface area contributed by atoms with Gasteiger partial charge in [0, 0.05) is 0 Å². The van der Waals surface area contributed by atoms with Crippen molar-refractivity contribution in [2.45, 2.75) is 45.6 Å². The quantitative estimate of drug-likeness (QED) is 0.735. The predicted molar refractivity (Wildman–Crippen MR) is 85.2 cm³/mol. The van der Waals surface area contributed by atoms with E-state index in [0.717, 1.165) is 0 Å². The second-order valence-electron chi connectivity index (χ2n) is 6.63. The fourth-order valence-corrected chi connectivity index (χ4v) is 1.76. The molecule has 7 heteroatoms. The summed E-state index contributed by atoms with van der Waals surface area (Å²) in [4.78, 5) is 23.3. The van der Waals surface area contributed by atoms with Crippen molar-refractivity contribution < 1.29 is 29.3 Å². The molecule has 3 N–H and O–H groups in total. The monoisotopic (exact) mass is 325 g/mol. The normalized spacial score (nSPS) is 11.7. The molecule has 0 aliphatic heterocycles. The largest absolute Gasteiger partial charge is 0.503 e. The molecule has 0 radical (unpaired) electrons. The zero-order chi connectivity index (χ0) is 18.0. The number of carboxylic acids is 1. The number of carboxylic acid groups (broad SMARTS) is 1. The highest BCUT2D eigenvalue weighted by Crippen LogP contribution is 2.39. The van der Waals surface area contributed by atoms with Crippen molar-refractivity contribution >= 4 is 17.7 Å². The van der Waals surface area contributed by atoms with E-state index in [2.05, 4.69) is 5.32 Å². The van der Waals surface area contributed by atoms with E-state index in [1.54, 1.807) is 20.8 Å². The minimum atomic E-state index is -1.23. The van der Waals surface area contributed by atoms with Gasteiger partial charge in [0.05, 0.1) is 18.2 Å². The minimum Gasteiger partial charge on any atom is -0.503 e. The van der Waals surface area contributed by atoms with Crippen LogP contribution in [0.1, 0.15) is 40.2 Å². The number of anilines is 1. The number of hydrogen-bond acceptors (Lipinski definition) is 5. The van der Waals surface area contributed by atoms with Gasteiger partial charge in [0.15, 0.2) is 11.5 Å². The first kappa shape index (κ1) is 18.6. The Morgan fingerprint density at radius 2 is 1.70 bits per heavy atom. The fourth-order valence-electron chi connectivity index (χ4n) is 1.76. The van der Waals surface area contributed by atoms with Crippen molar-refractivity contribution in [3.63, 3.8) is 0 Å². The van der Waals surface area contributed by atoms with Crippen molar-refractivity contribution in [3.8, 4) is 11.5 Å². The lowest BCUT2D eigenvalue weighted by atomic mass is 9.84. The summed E-state index contributed by atoms with van der Waals surface area (Å²) in [5, 5.41) is 21.9. The molecule has 0 spiro atoms. The van der Waals surface area contributed by atoms with Crippen LogP contribution in [0.3, 0.4) is 0 Å². The number of aliphatic carboxylic acids is 1. The molecule has 0 atom stereocenters. The van der Waals surface area contributed by atoms with Crippen molar-refractivity contribution in [3.05, 3.63) is 17.7 Å². The Labute approximate surface area is 135 Å². The van der Waals surface area contributed by atoms with E-state index in [-0.39, 0.29) is 17.2 Å². The molecule has 0 heterocycles. The Morgan fingerprint density at radius 3 is 2.13 bits per heavy atom. The number of carbonyl (C=O) groups excluding carboxylic acids is 1. The molecule has 0 unspecified atom stereocenters. The van der Waals surface area contributed by atoms with E-state index >= 15 is 0 Å². The first-order valence-electron chi connectivity index (χ1n) is 7.03. The third-order valence-electron chi connectivity index (χ3n) is 3.19. The standard InChI is InChI=1S/C16H23NO6/c1-15(2,3)23-14(21)17-10-7-9(16(4,5)13(19)20)8-11(22-6)12(10)18/h7-8,18H,1-6H3,(H,17,21)(H,19,20). The van der Waals surface area contributed by atoms with E-state index in [1.807, 2.05) is 0 Å². The van der Waals surface area contributed by atoms with Crippen LogP contribution in [0.15, 0.2) is 12.1 Å². The summed E-state index contributed by atoms with van der Waals surface area (Å²) in [5.41, 5.74) is -1.55. The zero-order valence-corrected chi connectivity index (χ0v) is 14.2. The second kappa shape index (κ2) is 6.36. The van der Waals surface area contributed by atoms with Crippen molar-refractivity contribution in [1.82, 2.24) is 0 Å². The Morgan fingerprint density at radius 1 is 1.13 bits per heavy atom. The predicted octanol–water partition coefficient (Wildman–Crippen LogP) is 3.11. The van der Waals surface area contributed by atoms with Gasteiger partial charge in [-0.3, -0.25) is 10.1 Å². The highest BCUT2D eigenvalue weighted by atomic mass is 16.6. The topological polar surface area (TPSA) is 105 Å². The minimum absolute atomic E-state index is 0.0166. The Kier molecular flexibility index (Phi) is 5.14. The molecule has 0 saturated carbocycles. The summed E-state index contributed by atoms with van der Waals surface area (Å²) in [7, 11) is 1.34. The fraction of sp³-hybridized carbons (Fsp3) is 0.500. The van der Waals surface area contributed by atoms with Gasteiger partial charge in [-0.2, -0.15) is 0 Å². The SMILES string of the molecule is COc1cc(C(C)(C)C(=O)O)cc(NC(=O)OC(C)(C)C)c1O. The highest BCUT2D eigenvalue weighted by molar-refractivity contribution is 5.89. The molecule has 1 aromatic rings. The number of hydrogen-bond donors (Lipinski definition) is 3. The van der Waals surface area contributed by atoms with Gasteiger partial charge in [-0.15, -0.1) is 0 Å². The zero-order valence-electron chi connectivity index (χ0n) is 14.2. The summed E-state index contributed by atoms with van der Waals surface area (Å²) >= 11 is 0. The molecule has 0 aliphatic carbocycles. The molecule has 1 rings (SSSR count). The van der Waals surface area contributed by atoms with Gasteiger partial charge < -0.3 is 19.7 Å². The van der Waals surface area contributed by atoms with E-state index < -0.39 is 23.1 Å². The van der Waals surface area contributed by atoms with Crippen molar-refractivity contribution in [1.29, 1.82) is 0 Å². The molecular weight excluding hydrogens is 302 g/mol. The van der Waals surface area contributed by atoms with E-state index in [0.29, 0.717) is 5.56 Å². The van der Waals surface area contributed by atoms with Crippen LogP contribution >= 0.6 is 0 Å². The summed E-state index contributed by atoms with van der Waals surface area (Å²) in [6, 6.07) is 2.81. The summed E-state index contributed by atoms with van der Waals surface area (Å²) < 4.78 is 10.2. The average Bonchev–Trinajstić information content (AvgIpc) is 2.38. The van der Waals surface area contributed by atoms with Crippen LogP contribution in [0.5, 0.6) is 11.5 Å². The van der Waals surface area contributed by atoms with Gasteiger partial charge >= 0.3 is 12.1 Å². The van der Waals surface area contributed by atoms with Crippen molar-refractivity contribution in [2.24, 2.45) is 0 Å². The van der Waals surface area contributed by atoms with Crippen LogP contribution in [0, 0.1) is 0 Å². The van der Waals surface area contributed by atoms with Gasteiger partial charge in [-0.05, 0) is 52.3 Å². The second-order valence-corrected chi connectivity index (χ2v) is 6.63. The summed E-state index contributed by atoms with van der Waals surface area (Å²) in [6.07, 6.45) is -0.764. The van der Waals surface area contributed by atoms with Gasteiger partial charge in [0.2, 0.25) is 0 Å². The van der Waals surface area contributed by atoms with Gasteiger partial charge in [-0.1, -0.05) is 0 Å². The molecular formula is C16H23NO6. The number of aromatic hydroxyl groups is 1. The molecule has 0 saturated heterocycles. The first-order chi connectivity index (χ1) is 10.4. The molecule has 0 fully saturated rings. The van der Waals surface area contributed by atoms with Crippen LogP contribution in [-0.2, 0) is 14.9 Å². The molecule has 128 valence electrons. The third kappa shape index (κ3) is 4.51. The highest BCUT2D eigenvalue weighted by Gasteiger charge is 2.31. The van der Waals surface area contributed by atoms with E-state index in [4.69, 9.17) is 9.47 Å². The summed E-state index contributed by atoms with van der Waals surface area (Å²) in [5.74, 6) is -1.29. The van der Waals surface area contributed by atoms with Gasteiger partial charge in [0.25, 0.3) is 0 Å². The molecule has 23 heavy (non-hydrogen) atoms. The van der Waals surface area contributed by atoms with Crippen molar-refractivity contribution in [2.75, 3.05) is 12.4 Å². The number of rotatable bonds is 4. The number of phenolic OH excluding ortho intramolecular Hbond substituents is 1. The maximum Gasteiger partial charge on any atom is 0.412 e. The summed E-state index contributed by atoms with van der Waals surface area (Å²) in [6.45, 7) is 8.14. The smallest absolute Gasteiger partial charge is 0.412 e. The van der Waals surface area contributed by atoms with Crippen LogP contribution < -0.4 is 10.1 Å². The van der Waals surface area contributed by atoms with E-state index in [9.17, 15) is 19.8 Å². The van der Waals surface area contributed by atoms with Gasteiger partial charge in [0.1, 0.15) is 5.60 Å². The maximum atomic E-state index is 11.9. The number of phenols is 1. The number of ether oxygens (including phenoxy) is 2. The van der Waals surface area contributed by atoms with E-state index in [1.165, 1.54) is 33.1 Å². The third-order valence-corrected chi connectivity index (χ3v) is 3.19.